The lowest BCUT2D eigenvalue weighted by Crippen LogP contribution is -2.59. The first-order chi connectivity index (χ1) is 3.25. The van der Waals surface area contributed by atoms with Gasteiger partial charge in [0.1, 0.15) is 5.54 Å². The van der Waals surface area contributed by atoms with Gasteiger partial charge >= 0.3 is 0 Å². The topological polar surface area (TPSA) is 26.0 Å². The lowest BCUT2D eigenvalue weighted by Gasteiger charge is -2.36. The minimum Gasteiger partial charge on any atom is -0.249 e. The van der Waals surface area contributed by atoms with Gasteiger partial charge in [0.25, 0.3) is 0 Å². The fourth-order valence-corrected chi connectivity index (χ4v) is 0. The van der Waals surface area contributed by atoms with Gasteiger partial charge in [-0.25, -0.2) is 4.59 Å². The average Bonchev–Trinajstić information content (AvgIpc) is 1.25. The van der Waals surface area contributed by atoms with E-state index in [-0.39, 0.29) is 5.54 Å². The highest BCUT2D eigenvalue weighted by atomic mass is 15.6. The Bertz CT molecular complexity index is 61.5. The lowest BCUT2D eigenvalue weighted by atomic mass is 10.1. The Balaban J connectivity index is 4.02. The number of hydrogen-bond acceptors (Lipinski definition) is 1. The van der Waals surface area contributed by atoms with Crippen LogP contribution in [0.15, 0.2) is 0 Å². The molecule has 2 nitrogen and oxygen atoms in total. The molecule has 2 heteroatoms. The second-order valence-corrected chi connectivity index (χ2v) is 3.71. The van der Waals surface area contributed by atoms with Crippen LogP contribution in [0.1, 0.15) is 20.8 Å². The number of hydrogen-bond donors (Lipinski definition) is 1. The minimum atomic E-state index is 0.153. The fourth-order valence-electron chi connectivity index (χ4n) is 0. The average molecular weight is 117 g/mol. The highest BCUT2D eigenvalue weighted by Crippen LogP contribution is 2.11. The van der Waals surface area contributed by atoms with Crippen LogP contribution in [0.5, 0.6) is 0 Å². The Kier molecular flexibility index (Phi) is 1.69. The molecule has 0 aliphatic heterocycles. The second kappa shape index (κ2) is 1.71. The van der Waals surface area contributed by atoms with Crippen molar-refractivity contribution in [2.75, 3.05) is 14.1 Å². The molecule has 0 amide bonds. The minimum absolute atomic E-state index is 0.153. The van der Waals surface area contributed by atoms with Gasteiger partial charge in [0, 0.05) is 0 Å². The Labute approximate surface area is 51.8 Å². The molecule has 8 heavy (non-hydrogen) atoms. The summed E-state index contributed by atoms with van der Waals surface area (Å²) in [7, 11) is 3.97. The van der Waals surface area contributed by atoms with Crippen molar-refractivity contribution < 1.29 is 4.59 Å². The molecular formula is C6H17N2+. The molecule has 0 aromatic heterocycles. The smallest absolute Gasteiger partial charge is 0.107 e. The van der Waals surface area contributed by atoms with Crippen LogP contribution in [0, 0.1) is 0 Å². The van der Waals surface area contributed by atoms with Gasteiger partial charge in [-0.15, -0.1) is 0 Å². The third-order valence-electron chi connectivity index (χ3n) is 1.73. The summed E-state index contributed by atoms with van der Waals surface area (Å²) in [5.74, 6) is 5.75. The van der Waals surface area contributed by atoms with E-state index in [0.29, 0.717) is 4.59 Å². The summed E-state index contributed by atoms with van der Waals surface area (Å²) in [6, 6.07) is 0. The zero-order valence-electron chi connectivity index (χ0n) is 6.52. The number of rotatable bonds is 0. The summed E-state index contributed by atoms with van der Waals surface area (Å²) in [4.78, 5) is 0. The van der Waals surface area contributed by atoms with E-state index in [1.54, 1.807) is 0 Å². The number of quaternary nitrogens is 1. The molecular weight excluding hydrogens is 100 g/mol. The van der Waals surface area contributed by atoms with Crippen molar-refractivity contribution in [3.05, 3.63) is 0 Å². The van der Waals surface area contributed by atoms with Crippen molar-refractivity contribution in [1.29, 1.82) is 0 Å². The molecule has 0 fully saturated rings. The molecule has 0 rings (SSSR count). The Morgan fingerprint density at radius 1 is 1.12 bits per heavy atom. The molecule has 0 unspecified atom stereocenters. The maximum absolute atomic E-state index is 5.75. The van der Waals surface area contributed by atoms with Crippen LogP contribution >= 0.6 is 0 Å². The number of nitrogens with zero attached hydrogens (tertiary/aromatic N) is 1. The van der Waals surface area contributed by atoms with E-state index >= 15 is 0 Å². The first kappa shape index (κ1) is 7.92. The van der Waals surface area contributed by atoms with Crippen LogP contribution in [0.2, 0.25) is 0 Å². The predicted octanol–water partition coefficient (Wildman–Crippen LogP) is 0.735. The van der Waals surface area contributed by atoms with Crippen LogP contribution < -0.4 is 5.84 Å². The molecule has 0 aliphatic carbocycles. The van der Waals surface area contributed by atoms with E-state index in [4.69, 9.17) is 5.84 Å². The molecule has 0 radical (unpaired) electrons. The van der Waals surface area contributed by atoms with Gasteiger partial charge < -0.3 is 0 Å². The van der Waals surface area contributed by atoms with Crippen LogP contribution in [0.25, 0.3) is 0 Å². The molecule has 0 saturated carbocycles. The van der Waals surface area contributed by atoms with Crippen LogP contribution in [0.3, 0.4) is 0 Å². The van der Waals surface area contributed by atoms with E-state index in [9.17, 15) is 0 Å². The maximum atomic E-state index is 5.75. The fraction of sp³-hybridized carbons (Fsp3) is 1.00. The van der Waals surface area contributed by atoms with Gasteiger partial charge in [-0.3, -0.25) is 0 Å². The van der Waals surface area contributed by atoms with Gasteiger partial charge in [-0.05, 0) is 20.8 Å². The Morgan fingerprint density at radius 2 is 1.25 bits per heavy atom. The summed E-state index contributed by atoms with van der Waals surface area (Å²) < 4.78 is 0.521. The van der Waals surface area contributed by atoms with Gasteiger partial charge in [-0.2, -0.15) is 5.84 Å². The van der Waals surface area contributed by atoms with Crippen molar-refractivity contribution in [2.45, 2.75) is 26.3 Å². The summed E-state index contributed by atoms with van der Waals surface area (Å²) in [5, 5.41) is 0. The molecule has 0 aliphatic rings. The van der Waals surface area contributed by atoms with E-state index in [0.717, 1.165) is 0 Å². The maximum Gasteiger partial charge on any atom is 0.107 e. The quantitative estimate of drug-likeness (QED) is 0.282. The summed E-state index contributed by atoms with van der Waals surface area (Å²) in [5.41, 5.74) is 0.153. The summed E-state index contributed by atoms with van der Waals surface area (Å²) >= 11 is 0. The van der Waals surface area contributed by atoms with E-state index < -0.39 is 0 Å². The normalized spacial score (nSPS) is 14.2. The SMILES string of the molecule is CC(C)(C)[N+](C)(C)N. The molecule has 0 atom stereocenters. The highest BCUT2D eigenvalue weighted by molar-refractivity contribution is 4.56. The Morgan fingerprint density at radius 3 is 1.25 bits per heavy atom. The predicted molar refractivity (Wildman–Crippen MR) is 36.0 cm³/mol. The third-order valence-corrected chi connectivity index (χ3v) is 1.73. The monoisotopic (exact) mass is 117 g/mol. The standard InChI is InChI=1S/C6H17N2/c1-6(2,3)8(4,5)7/h7H2,1-5H3/q+1. The molecule has 0 heterocycles. The van der Waals surface area contributed by atoms with Gasteiger partial charge in [-0.1, -0.05) is 0 Å². The van der Waals surface area contributed by atoms with Crippen molar-refractivity contribution in [1.82, 2.24) is 0 Å². The molecule has 0 saturated heterocycles. The molecule has 0 spiro atoms. The second-order valence-electron chi connectivity index (χ2n) is 3.71. The van der Waals surface area contributed by atoms with Crippen LogP contribution in [-0.2, 0) is 0 Å². The number of nitrogens with two attached hydrogens (primary N) is 1. The molecule has 0 aromatic rings. The summed E-state index contributed by atoms with van der Waals surface area (Å²) in [6.45, 7) is 6.35. The third kappa shape index (κ3) is 1.80. The van der Waals surface area contributed by atoms with Crippen molar-refractivity contribution in [3.8, 4) is 0 Å². The van der Waals surface area contributed by atoms with Crippen molar-refractivity contribution >= 4 is 0 Å². The Hall–Kier alpha value is -0.0800. The van der Waals surface area contributed by atoms with Gasteiger partial charge in [0.15, 0.2) is 0 Å². The zero-order chi connectivity index (χ0) is 7.00. The van der Waals surface area contributed by atoms with Crippen LogP contribution in [0.4, 0.5) is 0 Å². The lowest BCUT2D eigenvalue weighted by molar-refractivity contribution is -0.947. The molecule has 50 valence electrons. The molecule has 0 aromatic carbocycles. The van der Waals surface area contributed by atoms with Gasteiger partial charge in [0.2, 0.25) is 0 Å². The molecule has 2 N–H and O–H groups in total. The van der Waals surface area contributed by atoms with Crippen molar-refractivity contribution in [3.63, 3.8) is 0 Å². The van der Waals surface area contributed by atoms with E-state index in [1.165, 1.54) is 0 Å². The molecule has 0 bridgehead atoms. The zero-order valence-corrected chi connectivity index (χ0v) is 6.52. The highest BCUT2D eigenvalue weighted by Gasteiger charge is 2.27. The van der Waals surface area contributed by atoms with E-state index in [1.807, 2.05) is 14.1 Å². The first-order valence-corrected chi connectivity index (χ1v) is 2.88. The van der Waals surface area contributed by atoms with E-state index in [2.05, 4.69) is 20.8 Å². The van der Waals surface area contributed by atoms with Crippen LogP contribution in [-0.4, -0.2) is 24.2 Å². The summed E-state index contributed by atoms with van der Waals surface area (Å²) in [6.07, 6.45) is 0. The van der Waals surface area contributed by atoms with Crippen molar-refractivity contribution in [2.24, 2.45) is 5.84 Å². The largest absolute Gasteiger partial charge is 0.249 e. The van der Waals surface area contributed by atoms with Gasteiger partial charge in [0.05, 0.1) is 14.1 Å². The first-order valence-electron chi connectivity index (χ1n) is 2.88.